The van der Waals surface area contributed by atoms with Crippen LogP contribution in [0.3, 0.4) is 0 Å². The molecule has 8 N–H and O–H groups in total. The van der Waals surface area contributed by atoms with Gasteiger partial charge in [0.05, 0.1) is 19.8 Å². The number of ether oxygens (including phenoxy) is 5. The molecule has 2 aliphatic rings. The van der Waals surface area contributed by atoms with Crippen LogP contribution in [0.4, 0.5) is 0 Å². The molecule has 2 aromatic carbocycles. The van der Waals surface area contributed by atoms with Gasteiger partial charge in [0.15, 0.2) is 35.4 Å². The summed E-state index contributed by atoms with van der Waals surface area (Å²) in [6.45, 7) is -0.815. The van der Waals surface area contributed by atoms with Crippen LogP contribution in [0.15, 0.2) is 45.6 Å². The Morgan fingerprint density at radius 1 is 0.567 bits per heavy atom. The first-order valence-electron chi connectivity index (χ1n) is 17.2. The van der Waals surface area contributed by atoms with Gasteiger partial charge in [-0.05, 0) is 25.1 Å². The van der Waals surface area contributed by atoms with Crippen molar-refractivity contribution in [2.45, 2.75) is 68.3 Å². The van der Waals surface area contributed by atoms with Crippen molar-refractivity contribution in [3.05, 3.63) is 46.6 Å². The van der Waals surface area contributed by atoms with Crippen molar-refractivity contribution in [2.75, 3.05) is 13.7 Å². The summed E-state index contributed by atoms with van der Waals surface area (Å²) in [5.41, 5.74) is -1.46. The standard InChI is InChI=1S/C28H32O33S6/c1-10-21(56-62(32,33)34)23(58-64(38,39)40)25(60-66(44,45)46)27(52-10)51-9-19-22(57-63(35,36)37)24(59-65(41,42)43)26(61-67(47,48)49)28(55-19)53-12-6-14(30)20-15(31)8-17(54-18(20)7-12)11-3-4-16(50-2)13(29)5-11/h3-8,10,19,21-30H,9H2,1-2H3,(H,32,33,34)(H,35,36,37)(H,38,39,40)(H,41,42,43)(H,44,45,46)(H,47,48,49)/t10-,19+,21-,22+,23+,24-,25+,26+,27+,28+/m0/s1. The largest absolute Gasteiger partial charge is 0.507 e. The van der Waals surface area contributed by atoms with Crippen molar-refractivity contribution < 1.29 is 141 Å². The van der Waals surface area contributed by atoms with E-state index in [-0.39, 0.29) is 17.1 Å². The Kier molecular flexibility index (Phi) is 15.9. The molecule has 2 aliphatic heterocycles. The molecule has 1 aromatic heterocycles. The summed E-state index contributed by atoms with van der Waals surface area (Å²) >= 11 is 0. The molecular weight excluding hydrogens is 1060 g/mol. The summed E-state index contributed by atoms with van der Waals surface area (Å²) in [6, 6.07) is 5.95. The highest BCUT2D eigenvalue weighted by atomic mass is 32.3. The number of aromatic hydroxyl groups is 2. The monoisotopic (exact) mass is 1090 g/mol. The van der Waals surface area contributed by atoms with Gasteiger partial charge in [-0.15, -0.1) is 0 Å². The van der Waals surface area contributed by atoms with E-state index in [1.807, 2.05) is 0 Å². The van der Waals surface area contributed by atoms with E-state index < -0.39 is 164 Å². The maximum Gasteiger partial charge on any atom is 0.397 e. The summed E-state index contributed by atoms with van der Waals surface area (Å²) in [4.78, 5) is 13.1. The Bertz CT molecular complexity index is 3080. The van der Waals surface area contributed by atoms with E-state index in [9.17, 15) is 92.8 Å². The van der Waals surface area contributed by atoms with Crippen LogP contribution in [0.1, 0.15) is 6.92 Å². The summed E-state index contributed by atoms with van der Waals surface area (Å²) in [7, 11) is -34.1. The van der Waals surface area contributed by atoms with Gasteiger partial charge < -0.3 is 38.3 Å². The maximum atomic E-state index is 13.1. The molecule has 0 unspecified atom stereocenters. The lowest BCUT2D eigenvalue weighted by Gasteiger charge is -2.45. The molecule has 378 valence electrons. The van der Waals surface area contributed by atoms with E-state index in [0.29, 0.717) is 6.07 Å². The van der Waals surface area contributed by atoms with Gasteiger partial charge in [0, 0.05) is 23.8 Å². The zero-order chi connectivity index (χ0) is 50.4. The molecule has 2 saturated heterocycles. The van der Waals surface area contributed by atoms with E-state index in [0.717, 1.165) is 25.1 Å². The fraction of sp³-hybridized carbons (Fsp3) is 0.464. The SMILES string of the molecule is COc1ccc(-c2cc(=O)c3c(O)cc(O[C@@H]4O[C@H](CO[C@@H]5O[C@@H](C)[C@H](OS(=O)(=O)O)[C@@H](OS(=O)(=O)O)[C@H]5OS(=O)(=O)O)[C@@H](OS(=O)(=O)O)[C@H](OS(=O)(=O)O)[C@H]4OS(=O)(=O)O)cc3o2)cc1O. The molecule has 2 fully saturated rings. The molecule has 0 spiro atoms. The van der Waals surface area contributed by atoms with E-state index in [1.165, 1.54) is 19.2 Å². The van der Waals surface area contributed by atoms with E-state index >= 15 is 0 Å². The fourth-order valence-electron chi connectivity index (χ4n) is 6.35. The Morgan fingerprint density at radius 2 is 1.04 bits per heavy atom. The molecule has 0 saturated carbocycles. The minimum Gasteiger partial charge on any atom is -0.507 e. The third-order valence-electron chi connectivity index (χ3n) is 8.64. The van der Waals surface area contributed by atoms with Crippen molar-refractivity contribution in [1.29, 1.82) is 0 Å². The van der Waals surface area contributed by atoms with Crippen molar-refractivity contribution in [2.24, 2.45) is 0 Å². The third-order valence-corrected chi connectivity index (χ3v) is 11.4. The normalized spacial score (nSPS) is 26.9. The van der Waals surface area contributed by atoms with Gasteiger partial charge in [-0.2, -0.15) is 50.5 Å². The second kappa shape index (κ2) is 19.7. The predicted octanol–water partition coefficient (Wildman–Crippen LogP) is -2.13. The fourth-order valence-corrected chi connectivity index (χ4v) is 9.37. The molecule has 0 bridgehead atoms. The molecule has 10 atom stereocenters. The van der Waals surface area contributed by atoms with Crippen molar-refractivity contribution in [3.8, 4) is 34.3 Å². The Morgan fingerprint density at radius 3 is 1.55 bits per heavy atom. The number of phenols is 2. The molecule has 0 amide bonds. The summed E-state index contributed by atoms with van der Waals surface area (Å²) < 4.78 is 259. The number of methoxy groups -OCH3 is 1. The highest BCUT2D eigenvalue weighted by Gasteiger charge is 2.57. The minimum atomic E-state index is -6.02. The smallest absolute Gasteiger partial charge is 0.397 e. The van der Waals surface area contributed by atoms with E-state index in [1.54, 1.807) is 0 Å². The minimum absolute atomic E-state index is 0.0000606. The average molecular weight is 1090 g/mol. The van der Waals surface area contributed by atoms with Gasteiger partial charge in [-0.25, -0.2) is 25.1 Å². The number of phenolic OH excluding ortho intramolecular Hbond substituents is 2. The third kappa shape index (κ3) is 15.0. The van der Waals surface area contributed by atoms with Crippen LogP contribution >= 0.6 is 0 Å². The van der Waals surface area contributed by atoms with Crippen molar-refractivity contribution in [1.82, 2.24) is 0 Å². The van der Waals surface area contributed by atoms with Crippen LogP contribution in [-0.2, 0) is 102 Å². The summed E-state index contributed by atoms with van der Waals surface area (Å²) in [5.74, 6) is -2.48. The average Bonchev–Trinajstić information content (AvgIpc) is 3.12. The van der Waals surface area contributed by atoms with Gasteiger partial charge in [0.2, 0.25) is 6.29 Å². The zero-order valence-corrected chi connectivity index (χ0v) is 37.6. The summed E-state index contributed by atoms with van der Waals surface area (Å²) in [6.07, 6.45) is -27.3. The number of benzene rings is 2. The zero-order valence-electron chi connectivity index (χ0n) is 32.7. The Hall–Kier alpha value is -4.05. The predicted molar refractivity (Wildman–Crippen MR) is 206 cm³/mol. The second-order valence-electron chi connectivity index (χ2n) is 13.3. The van der Waals surface area contributed by atoms with Crippen LogP contribution in [0.5, 0.6) is 23.0 Å². The van der Waals surface area contributed by atoms with Crippen LogP contribution in [-0.4, -0.2) is 163 Å². The van der Waals surface area contributed by atoms with Crippen LogP contribution < -0.4 is 14.9 Å². The van der Waals surface area contributed by atoms with E-state index in [4.69, 9.17) is 28.1 Å². The van der Waals surface area contributed by atoms with Crippen LogP contribution in [0.2, 0.25) is 0 Å². The molecule has 33 nitrogen and oxygen atoms in total. The lowest BCUT2D eigenvalue weighted by molar-refractivity contribution is -0.306. The maximum absolute atomic E-state index is 13.1. The van der Waals surface area contributed by atoms with Gasteiger partial charge in [-0.1, -0.05) is 0 Å². The number of rotatable bonds is 19. The quantitative estimate of drug-likeness (QED) is 0.0595. The molecular formula is C28H32O33S6. The van der Waals surface area contributed by atoms with Gasteiger partial charge in [0.1, 0.15) is 58.7 Å². The highest BCUT2D eigenvalue weighted by molar-refractivity contribution is 7.82. The van der Waals surface area contributed by atoms with E-state index in [2.05, 4.69) is 25.1 Å². The first-order valence-corrected chi connectivity index (χ1v) is 25.4. The lowest BCUT2D eigenvalue weighted by atomic mass is 9.98. The van der Waals surface area contributed by atoms with Gasteiger partial charge >= 0.3 is 62.4 Å². The van der Waals surface area contributed by atoms with Crippen LogP contribution in [0, 0.1) is 0 Å². The first-order chi connectivity index (χ1) is 30.5. The molecule has 5 rings (SSSR count). The summed E-state index contributed by atoms with van der Waals surface area (Å²) in [5, 5.41) is 20.5. The van der Waals surface area contributed by atoms with Crippen molar-refractivity contribution >= 4 is 73.4 Å². The van der Waals surface area contributed by atoms with Crippen molar-refractivity contribution in [3.63, 3.8) is 0 Å². The topological polar surface area (TPSA) is 498 Å². The lowest BCUT2D eigenvalue weighted by Crippen LogP contribution is -2.65. The van der Waals surface area contributed by atoms with Crippen LogP contribution in [0.25, 0.3) is 22.3 Å². The van der Waals surface area contributed by atoms with Gasteiger partial charge in [-0.3, -0.25) is 32.1 Å². The number of hydrogen-bond acceptors (Lipinski definition) is 27. The number of hydrogen-bond donors (Lipinski definition) is 8. The van der Waals surface area contributed by atoms with Gasteiger partial charge in [0.25, 0.3) is 0 Å². The molecule has 67 heavy (non-hydrogen) atoms. The first kappa shape index (κ1) is 53.9. The second-order valence-corrected chi connectivity index (χ2v) is 19.6. The Balaban J connectivity index is 1.63. The number of fused-ring (bicyclic) bond motifs is 1. The molecule has 3 aromatic rings. The molecule has 39 heteroatoms. The Labute approximate surface area is 376 Å². The molecule has 3 heterocycles. The highest BCUT2D eigenvalue weighted by Crippen LogP contribution is 2.38. The molecule has 0 aliphatic carbocycles. The molecule has 0 radical (unpaired) electrons.